The minimum Gasteiger partial charge on any atom is -0.385 e. The maximum Gasteiger partial charge on any atom is 0.130 e. The highest BCUT2D eigenvalue weighted by molar-refractivity contribution is 5.76. The fraction of sp³-hybridized carbons (Fsp3) is 0.500. The molecule has 1 aromatic heterocycles. The summed E-state index contributed by atoms with van der Waals surface area (Å²) in [5, 5.41) is 7.66. The first kappa shape index (κ1) is 18.5. The molecule has 0 fully saturated rings. The number of carbonyl (C=O) groups is 1. The standard InChI is InChI=1S/C12H15NO.C8H14N4/c1-9-4-3-5-10-11(9)13-7-6-12(10,2)8-14;1-12-8(10)5-3-2-4-6(9)7(5)11-12/h3-5,8,13H,6-7H2,1-2H3;6H,2-4,9-10H2,1H3. The zero-order valence-electron chi connectivity index (χ0n) is 15.9. The maximum absolute atomic E-state index is 11.1. The molecule has 2 heterocycles. The van der Waals surface area contributed by atoms with Gasteiger partial charge in [-0.25, -0.2) is 0 Å². The Morgan fingerprint density at radius 3 is 2.88 bits per heavy atom. The van der Waals surface area contributed by atoms with Crippen LogP contribution in [0.1, 0.15) is 54.6 Å². The predicted molar refractivity (Wildman–Crippen MR) is 105 cm³/mol. The molecule has 0 spiro atoms. The Hall–Kier alpha value is -2.34. The quantitative estimate of drug-likeness (QED) is 0.683. The zero-order chi connectivity index (χ0) is 18.9. The molecule has 2 atom stereocenters. The third kappa shape index (κ3) is 3.21. The SMILES string of the molecule is Cc1cccc2c1NCCC2(C)C=O.Cn1nc2c(c1N)CCCC2N. The number of rotatable bonds is 1. The van der Waals surface area contributed by atoms with E-state index in [4.69, 9.17) is 11.5 Å². The molecule has 6 heteroatoms. The number of para-hydroxylation sites is 1. The molecule has 1 aliphatic heterocycles. The van der Waals surface area contributed by atoms with E-state index in [2.05, 4.69) is 23.4 Å². The summed E-state index contributed by atoms with van der Waals surface area (Å²) >= 11 is 0. The second-order valence-corrected chi connectivity index (χ2v) is 7.58. The summed E-state index contributed by atoms with van der Waals surface area (Å²) in [6, 6.07) is 6.23. The van der Waals surface area contributed by atoms with Crippen molar-refractivity contribution in [3.63, 3.8) is 0 Å². The molecule has 5 N–H and O–H groups in total. The van der Waals surface area contributed by atoms with Gasteiger partial charge in [0.2, 0.25) is 0 Å². The number of hydrogen-bond acceptors (Lipinski definition) is 5. The van der Waals surface area contributed by atoms with Gasteiger partial charge in [-0.1, -0.05) is 18.2 Å². The van der Waals surface area contributed by atoms with Gasteiger partial charge in [0.25, 0.3) is 0 Å². The van der Waals surface area contributed by atoms with Crippen molar-refractivity contribution in [2.24, 2.45) is 12.8 Å². The minimum atomic E-state index is -0.299. The van der Waals surface area contributed by atoms with Gasteiger partial charge in [-0.05, 0) is 50.7 Å². The third-order valence-electron chi connectivity index (χ3n) is 5.61. The Morgan fingerprint density at radius 2 is 2.19 bits per heavy atom. The molecule has 6 nitrogen and oxygen atoms in total. The molecule has 1 aliphatic carbocycles. The van der Waals surface area contributed by atoms with Crippen LogP contribution in [-0.2, 0) is 23.7 Å². The van der Waals surface area contributed by atoms with Crippen molar-refractivity contribution in [3.8, 4) is 0 Å². The molecule has 26 heavy (non-hydrogen) atoms. The van der Waals surface area contributed by atoms with Gasteiger partial charge in [-0.15, -0.1) is 0 Å². The Labute approximate surface area is 154 Å². The van der Waals surface area contributed by atoms with Crippen LogP contribution in [0.5, 0.6) is 0 Å². The second kappa shape index (κ2) is 7.11. The van der Waals surface area contributed by atoms with Crippen LogP contribution in [0.2, 0.25) is 0 Å². The van der Waals surface area contributed by atoms with Crippen molar-refractivity contribution < 1.29 is 4.79 Å². The number of anilines is 2. The van der Waals surface area contributed by atoms with Crippen LogP contribution in [0, 0.1) is 6.92 Å². The highest BCUT2D eigenvalue weighted by atomic mass is 16.1. The fourth-order valence-electron chi connectivity index (χ4n) is 3.87. The monoisotopic (exact) mass is 355 g/mol. The molecular weight excluding hydrogens is 326 g/mol. The molecule has 0 radical (unpaired) electrons. The third-order valence-corrected chi connectivity index (χ3v) is 5.61. The molecule has 0 bridgehead atoms. The van der Waals surface area contributed by atoms with Crippen molar-refractivity contribution >= 4 is 17.8 Å². The zero-order valence-corrected chi connectivity index (χ0v) is 15.9. The molecule has 0 saturated heterocycles. The molecule has 2 aliphatic rings. The van der Waals surface area contributed by atoms with Gasteiger partial charge in [-0.2, -0.15) is 5.10 Å². The Bertz CT molecular complexity index is 813. The van der Waals surface area contributed by atoms with Crippen LogP contribution in [0.4, 0.5) is 11.5 Å². The summed E-state index contributed by atoms with van der Waals surface area (Å²) in [6.07, 6.45) is 5.15. The number of fused-ring (bicyclic) bond motifs is 2. The van der Waals surface area contributed by atoms with Crippen LogP contribution < -0.4 is 16.8 Å². The minimum absolute atomic E-state index is 0.0947. The predicted octanol–water partition coefficient (Wildman–Crippen LogP) is 2.61. The number of aromatic nitrogens is 2. The number of nitrogens with one attached hydrogen (secondary N) is 1. The summed E-state index contributed by atoms with van der Waals surface area (Å²) in [6.45, 7) is 4.97. The average molecular weight is 355 g/mol. The number of aldehydes is 1. The van der Waals surface area contributed by atoms with Crippen LogP contribution in [0.3, 0.4) is 0 Å². The lowest BCUT2D eigenvalue weighted by Gasteiger charge is -2.32. The number of nitrogens with two attached hydrogens (primary N) is 2. The molecule has 1 aromatic carbocycles. The number of nitrogen functional groups attached to an aromatic ring is 1. The maximum atomic E-state index is 11.1. The van der Waals surface area contributed by atoms with Gasteiger partial charge in [-0.3, -0.25) is 4.68 Å². The van der Waals surface area contributed by atoms with Gasteiger partial charge in [0.1, 0.15) is 12.1 Å². The van der Waals surface area contributed by atoms with Crippen LogP contribution in [0.15, 0.2) is 18.2 Å². The molecule has 2 unspecified atom stereocenters. The topological polar surface area (TPSA) is 99.0 Å². The molecule has 0 amide bonds. The number of carbonyl (C=O) groups excluding carboxylic acids is 1. The normalized spacial score (nSPS) is 23.8. The smallest absolute Gasteiger partial charge is 0.130 e. The summed E-state index contributed by atoms with van der Waals surface area (Å²) < 4.78 is 1.72. The van der Waals surface area contributed by atoms with Gasteiger partial charge in [0, 0.05) is 30.9 Å². The Morgan fingerprint density at radius 1 is 1.42 bits per heavy atom. The van der Waals surface area contributed by atoms with E-state index in [-0.39, 0.29) is 11.5 Å². The lowest BCUT2D eigenvalue weighted by molar-refractivity contribution is -0.112. The summed E-state index contributed by atoms with van der Waals surface area (Å²) in [7, 11) is 1.86. The first-order valence-corrected chi connectivity index (χ1v) is 9.24. The van der Waals surface area contributed by atoms with E-state index in [1.54, 1.807) is 4.68 Å². The fourth-order valence-corrected chi connectivity index (χ4v) is 3.87. The van der Waals surface area contributed by atoms with Crippen molar-refractivity contribution in [1.29, 1.82) is 0 Å². The van der Waals surface area contributed by atoms with Crippen LogP contribution in [-0.4, -0.2) is 22.6 Å². The highest BCUT2D eigenvalue weighted by Gasteiger charge is 2.32. The summed E-state index contributed by atoms with van der Waals surface area (Å²) in [5.41, 5.74) is 17.1. The average Bonchev–Trinajstić information content (AvgIpc) is 2.93. The van der Waals surface area contributed by atoms with E-state index < -0.39 is 0 Å². The number of hydrogen-bond donors (Lipinski definition) is 3. The van der Waals surface area contributed by atoms with Gasteiger partial charge < -0.3 is 21.6 Å². The van der Waals surface area contributed by atoms with E-state index in [0.29, 0.717) is 0 Å². The van der Waals surface area contributed by atoms with E-state index in [1.807, 2.05) is 26.1 Å². The van der Waals surface area contributed by atoms with Crippen molar-refractivity contribution in [2.45, 2.75) is 51.0 Å². The second-order valence-electron chi connectivity index (χ2n) is 7.58. The Kier molecular flexibility index (Phi) is 5.05. The van der Waals surface area contributed by atoms with Crippen LogP contribution in [0.25, 0.3) is 0 Å². The lowest BCUT2D eigenvalue weighted by atomic mass is 9.77. The number of benzene rings is 1. The Balaban J connectivity index is 0.000000152. The van der Waals surface area contributed by atoms with Gasteiger partial charge in [0.05, 0.1) is 11.1 Å². The van der Waals surface area contributed by atoms with E-state index in [1.165, 1.54) is 5.56 Å². The molecule has 140 valence electrons. The van der Waals surface area contributed by atoms with Gasteiger partial charge in [0.15, 0.2) is 0 Å². The van der Waals surface area contributed by atoms with Gasteiger partial charge >= 0.3 is 0 Å². The van der Waals surface area contributed by atoms with E-state index in [9.17, 15) is 4.79 Å². The lowest BCUT2D eigenvalue weighted by Crippen LogP contribution is -2.32. The molecule has 2 aromatic rings. The first-order chi connectivity index (χ1) is 12.4. The summed E-state index contributed by atoms with van der Waals surface area (Å²) in [4.78, 5) is 11.1. The first-order valence-electron chi connectivity index (χ1n) is 9.24. The van der Waals surface area contributed by atoms with Crippen molar-refractivity contribution in [1.82, 2.24) is 9.78 Å². The highest BCUT2D eigenvalue weighted by Crippen LogP contribution is 2.37. The van der Waals surface area contributed by atoms with Crippen molar-refractivity contribution in [2.75, 3.05) is 17.6 Å². The number of nitrogens with zero attached hydrogens (tertiary/aromatic N) is 2. The van der Waals surface area contributed by atoms with Crippen molar-refractivity contribution in [3.05, 3.63) is 40.6 Å². The number of aryl methyl sites for hydroxylation is 2. The molecular formula is C20H29N5O. The van der Waals surface area contributed by atoms with Crippen LogP contribution >= 0.6 is 0 Å². The summed E-state index contributed by atoms with van der Waals surface area (Å²) in [5.74, 6) is 0.778. The van der Waals surface area contributed by atoms with E-state index in [0.717, 1.165) is 66.8 Å². The largest absolute Gasteiger partial charge is 0.385 e. The molecule has 0 saturated carbocycles. The van der Waals surface area contributed by atoms with E-state index >= 15 is 0 Å². The molecule has 4 rings (SSSR count).